The number of ether oxygens (including phenoxy) is 1. The van der Waals surface area contributed by atoms with Crippen LogP contribution < -0.4 is 10.5 Å². The van der Waals surface area contributed by atoms with Crippen LogP contribution in [0.5, 0.6) is 11.5 Å². The number of carbonyl (C=O) groups is 1. The lowest BCUT2D eigenvalue weighted by Crippen LogP contribution is -2.10. The van der Waals surface area contributed by atoms with E-state index < -0.39 is 5.97 Å². The minimum absolute atomic E-state index is 0.0794. The number of hydrogen-bond acceptors (Lipinski definition) is 5. The third-order valence-corrected chi connectivity index (χ3v) is 2.13. The molecule has 1 heterocycles. The van der Waals surface area contributed by atoms with Gasteiger partial charge in [-0.05, 0) is 24.3 Å². The number of esters is 1. The third kappa shape index (κ3) is 2.34. The Kier molecular flexibility index (Phi) is 2.91. The zero-order valence-electron chi connectivity index (χ0n) is 8.83. The van der Waals surface area contributed by atoms with E-state index in [1.165, 1.54) is 24.4 Å². The Morgan fingerprint density at radius 3 is 2.71 bits per heavy atom. The molecular weight excluding hydrogens is 220 g/mol. The first kappa shape index (κ1) is 10.9. The predicted octanol–water partition coefficient (Wildman–Crippen LogP) is 1.59. The number of phenols is 1. The highest BCUT2D eigenvalue weighted by Crippen LogP contribution is 2.21. The summed E-state index contributed by atoms with van der Waals surface area (Å²) in [5, 5.41) is 9.48. The van der Waals surface area contributed by atoms with Gasteiger partial charge in [0, 0.05) is 6.20 Å². The average molecular weight is 230 g/mol. The van der Waals surface area contributed by atoms with Crippen molar-refractivity contribution < 1.29 is 14.6 Å². The van der Waals surface area contributed by atoms with Gasteiger partial charge in [0.05, 0.1) is 0 Å². The van der Waals surface area contributed by atoms with E-state index in [0.29, 0.717) is 0 Å². The quantitative estimate of drug-likeness (QED) is 0.765. The number of hydrogen-bond donors (Lipinski definition) is 2. The third-order valence-electron chi connectivity index (χ3n) is 2.13. The first-order chi connectivity index (χ1) is 8.18. The molecule has 0 aliphatic heterocycles. The molecule has 0 aliphatic rings. The largest absolute Gasteiger partial charge is 0.507 e. The summed E-state index contributed by atoms with van der Waals surface area (Å²) >= 11 is 0. The van der Waals surface area contributed by atoms with E-state index in [2.05, 4.69) is 4.98 Å². The monoisotopic (exact) mass is 230 g/mol. The van der Waals surface area contributed by atoms with Crippen LogP contribution in [-0.4, -0.2) is 16.1 Å². The highest BCUT2D eigenvalue weighted by Gasteiger charge is 2.14. The first-order valence-corrected chi connectivity index (χ1v) is 4.89. The minimum atomic E-state index is -0.678. The van der Waals surface area contributed by atoms with Crippen LogP contribution in [0.4, 0.5) is 5.82 Å². The Hall–Kier alpha value is -2.56. The number of anilines is 1. The van der Waals surface area contributed by atoms with E-state index in [4.69, 9.17) is 10.5 Å². The molecule has 0 saturated carbocycles. The number of phenolic OH excluding ortho intramolecular Hbond substituents is 1. The number of carbonyl (C=O) groups excluding carboxylic acids is 1. The topological polar surface area (TPSA) is 85.4 Å². The molecule has 0 bridgehead atoms. The summed E-state index contributed by atoms with van der Waals surface area (Å²) in [4.78, 5) is 15.5. The summed E-state index contributed by atoms with van der Waals surface area (Å²) in [6, 6.07) is 9.24. The molecule has 5 nitrogen and oxygen atoms in total. The van der Waals surface area contributed by atoms with Crippen LogP contribution in [0.2, 0.25) is 0 Å². The summed E-state index contributed by atoms with van der Waals surface area (Å²) in [6.07, 6.45) is 1.49. The van der Waals surface area contributed by atoms with Crippen molar-refractivity contribution in [2.75, 3.05) is 5.73 Å². The van der Waals surface area contributed by atoms with E-state index in [1.54, 1.807) is 18.2 Å². The number of nitrogens with zero attached hydrogens (tertiary/aromatic N) is 1. The molecule has 0 fully saturated rings. The van der Waals surface area contributed by atoms with Crippen molar-refractivity contribution >= 4 is 11.8 Å². The van der Waals surface area contributed by atoms with E-state index in [1.807, 2.05) is 0 Å². The van der Waals surface area contributed by atoms with Gasteiger partial charge in [0.25, 0.3) is 0 Å². The molecule has 2 rings (SSSR count). The zero-order chi connectivity index (χ0) is 12.3. The number of rotatable bonds is 2. The summed E-state index contributed by atoms with van der Waals surface area (Å²) in [6.45, 7) is 0. The molecule has 1 aromatic heterocycles. The van der Waals surface area contributed by atoms with Crippen LogP contribution in [0.1, 0.15) is 10.4 Å². The van der Waals surface area contributed by atoms with E-state index >= 15 is 0 Å². The molecule has 0 unspecified atom stereocenters. The van der Waals surface area contributed by atoms with E-state index in [-0.39, 0.29) is 22.9 Å². The molecule has 0 amide bonds. The Morgan fingerprint density at radius 2 is 2.00 bits per heavy atom. The van der Waals surface area contributed by atoms with Crippen molar-refractivity contribution in [3.05, 3.63) is 48.2 Å². The van der Waals surface area contributed by atoms with Gasteiger partial charge in [0.1, 0.15) is 11.3 Å². The highest BCUT2D eigenvalue weighted by atomic mass is 16.5. The number of aromatic hydroxyl groups is 1. The maximum absolute atomic E-state index is 11.7. The van der Waals surface area contributed by atoms with Crippen LogP contribution in [0, 0.1) is 0 Å². The van der Waals surface area contributed by atoms with Gasteiger partial charge in [-0.15, -0.1) is 0 Å². The summed E-state index contributed by atoms with van der Waals surface area (Å²) in [7, 11) is 0. The standard InChI is InChI=1S/C12H10N2O3/c13-11-10(6-3-7-14-11)17-12(16)8-4-1-2-5-9(8)15/h1-7,15H,(H2,13,14). The van der Waals surface area contributed by atoms with Gasteiger partial charge < -0.3 is 15.6 Å². The molecule has 17 heavy (non-hydrogen) atoms. The van der Waals surface area contributed by atoms with Crippen molar-refractivity contribution in [1.29, 1.82) is 0 Å². The molecular formula is C12H10N2O3. The van der Waals surface area contributed by atoms with Crippen molar-refractivity contribution in [2.24, 2.45) is 0 Å². The average Bonchev–Trinajstić information content (AvgIpc) is 2.32. The SMILES string of the molecule is Nc1ncccc1OC(=O)c1ccccc1O. The number of nitrogens with two attached hydrogens (primary N) is 1. The fourth-order valence-corrected chi connectivity index (χ4v) is 1.29. The maximum atomic E-state index is 11.7. The highest BCUT2D eigenvalue weighted by molar-refractivity contribution is 5.94. The molecule has 86 valence electrons. The minimum Gasteiger partial charge on any atom is -0.507 e. The number of nitrogen functional groups attached to an aromatic ring is 1. The lowest BCUT2D eigenvalue weighted by molar-refractivity contribution is 0.0732. The first-order valence-electron chi connectivity index (χ1n) is 4.89. The van der Waals surface area contributed by atoms with Crippen molar-refractivity contribution in [2.45, 2.75) is 0 Å². The van der Waals surface area contributed by atoms with Crippen LogP contribution >= 0.6 is 0 Å². The Balaban J connectivity index is 2.24. The fourth-order valence-electron chi connectivity index (χ4n) is 1.29. The number of aromatic nitrogens is 1. The smallest absolute Gasteiger partial charge is 0.347 e. The van der Waals surface area contributed by atoms with E-state index in [0.717, 1.165) is 0 Å². The van der Waals surface area contributed by atoms with Crippen LogP contribution in [0.25, 0.3) is 0 Å². The molecule has 2 aromatic rings. The van der Waals surface area contributed by atoms with Crippen LogP contribution in [0.3, 0.4) is 0 Å². The van der Waals surface area contributed by atoms with Gasteiger partial charge in [-0.25, -0.2) is 9.78 Å². The summed E-state index contributed by atoms with van der Waals surface area (Å²) < 4.78 is 5.03. The number of pyridine rings is 1. The van der Waals surface area contributed by atoms with Crippen molar-refractivity contribution in [3.8, 4) is 11.5 Å². The molecule has 0 atom stereocenters. The molecule has 0 spiro atoms. The second kappa shape index (κ2) is 4.52. The van der Waals surface area contributed by atoms with Gasteiger partial charge in [0.2, 0.25) is 0 Å². The predicted molar refractivity (Wildman–Crippen MR) is 61.7 cm³/mol. The Labute approximate surface area is 97.5 Å². The molecule has 0 aliphatic carbocycles. The van der Waals surface area contributed by atoms with Crippen LogP contribution in [-0.2, 0) is 0 Å². The maximum Gasteiger partial charge on any atom is 0.347 e. The lowest BCUT2D eigenvalue weighted by Gasteiger charge is -2.06. The summed E-state index contributed by atoms with van der Waals surface area (Å²) in [5.74, 6) is -0.528. The molecule has 0 radical (unpaired) electrons. The van der Waals surface area contributed by atoms with Gasteiger partial charge in [0.15, 0.2) is 11.6 Å². The Bertz CT molecular complexity index is 555. The fraction of sp³-hybridized carbons (Fsp3) is 0. The van der Waals surface area contributed by atoms with Gasteiger partial charge >= 0.3 is 5.97 Å². The summed E-state index contributed by atoms with van der Waals surface area (Å²) in [5.41, 5.74) is 5.61. The lowest BCUT2D eigenvalue weighted by atomic mass is 10.2. The molecule has 5 heteroatoms. The molecule has 0 saturated heterocycles. The Morgan fingerprint density at radius 1 is 1.24 bits per heavy atom. The zero-order valence-corrected chi connectivity index (χ0v) is 8.83. The van der Waals surface area contributed by atoms with Crippen molar-refractivity contribution in [1.82, 2.24) is 4.98 Å². The second-order valence-corrected chi connectivity index (χ2v) is 3.29. The van der Waals surface area contributed by atoms with Gasteiger partial charge in [-0.1, -0.05) is 12.1 Å². The normalized spacial score (nSPS) is 9.88. The van der Waals surface area contributed by atoms with E-state index in [9.17, 15) is 9.90 Å². The molecule has 3 N–H and O–H groups in total. The molecule has 1 aromatic carbocycles. The van der Waals surface area contributed by atoms with Crippen LogP contribution in [0.15, 0.2) is 42.6 Å². The number of para-hydroxylation sites is 1. The van der Waals surface area contributed by atoms with Gasteiger partial charge in [-0.2, -0.15) is 0 Å². The second-order valence-electron chi connectivity index (χ2n) is 3.29. The van der Waals surface area contributed by atoms with Crippen molar-refractivity contribution in [3.63, 3.8) is 0 Å². The number of benzene rings is 1. The van der Waals surface area contributed by atoms with Gasteiger partial charge in [-0.3, -0.25) is 0 Å².